The van der Waals surface area contributed by atoms with Gasteiger partial charge < -0.3 is 19.6 Å². The van der Waals surface area contributed by atoms with E-state index in [-0.39, 0.29) is 0 Å². The maximum absolute atomic E-state index is 2.48. The lowest BCUT2D eigenvalue weighted by atomic mass is 9.49. The smallest absolute Gasteiger partial charge is 0.0727 e. The first-order valence-corrected chi connectivity index (χ1v) is 21.8. The highest BCUT2D eigenvalue weighted by atomic mass is 15.5. The predicted octanol–water partition coefficient (Wildman–Crippen LogP) is 5.36. The first kappa shape index (κ1) is 41.1. The first-order valence-electron chi connectivity index (χ1n) is 21.8. The molecule has 60 heavy (non-hydrogen) atoms. The van der Waals surface area contributed by atoms with Gasteiger partial charge in [-0.2, -0.15) is 0 Å². The molecule has 5 aliphatic rings. The van der Waals surface area contributed by atoms with Crippen molar-refractivity contribution in [2.75, 3.05) is 156 Å². The van der Waals surface area contributed by atoms with Crippen LogP contribution in [-0.2, 0) is 0 Å². The highest BCUT2D eigenvalue weighted by Crippen LogP contribution is 2.66. The van der Waals surface area contributed by atoms with E-state index in [2.05, 4.69) is 212 Å². The number of hydrogen-bond acceptors (Lipinski definition) is 12. The summed E-state index contributed by atoms with van der Waals surface area (Å²) in [6, 6.07) is 38.6. The second-order valence-electron chi connectivity index (χ2n) is 19.2. The van der Waals surface area contributed by atoms with Crippen LogP contribution in [0.4, 0.5) is 22.7 Å². The van der Waals surface area contributed by atoms with Crippen LogP contribution in [0.1, 0.15) is 45.9 Å². The number of anilines is 4. The molecule has 4 aliphatic heterocycles. The van der Waals surface area contributed by atoms with Gasteiger partial charge in [-0.25, -0.2) is 0 Å². The van der Waals surface area contributed by atoms with E-state index in [4.69, 9.17) is 0 Å². The van der Waals surface area contributed by atoms with Crippen molar-refractivity contribution in [3.63, 3.8) is 0 Å². The Morgan fingerprint density at radius 2 is 0.383 bits per heavy atom. The molecule has 320 valence electrons. The van der Waals surface area contributed by atoms with Crippen molar-refractivity contribution in [2.24, 2.45) is 0 Å². The van der Waals surface area contributed by atoms with Crippen LogP contribution in [0, 0.1) is 0 Å². The molecule has 1 aliphatic carbocycles. The second kappa shape index (κ2) is 17.3. The summed E-state index contributed by atoms with van der Waals surface area (Å²) in [5, 5.41) is 0. The van der Waals surface area contributed by atoms with E-state index in [9.17, 15) is 0 Å². The first-order chi connectivity index (χ1) is 28.9. The standard InChI is InChI=1S/C48H68N12/c1-49-25-50(2)30-57(29-49)41-17-9-37(10-18-41)45-46(38-11-19-42(20-12-38)58-31-51(3)26-52(4)32-58)48(40-15-23-44(24-16-40)60-35-55(7)28-56(8)36-60)47(45)39-13-21-43(22-14-39)59-33-53(5)27-54(6)34-59/h9-24,45-48H,25-36H2,1-8H3. The zero-order valence-corrected chi connectivity index (χ0v) is 37.4. The minimum atomic E-state index is 0.316. The Labute approximate surface area is 359 Å². The van der Waals surface area contributed by atoms with E-state index >= 15 is 0 Å². The van der Waals surface area contributed by atoms with Crippen LogP contribution in [0.2, 0.25) is 0 Å². The summed E-state index contributed by atoms with van der Waals surface area (Å²) >= 11 is 0. The van der Waals surface area contributed by atoms with Gasteiger partial charge >= 0.3 is 0 Å². The van der Waals surface area contributed by atoms with Crippen LogP contribution < -0.4 is 19.6 Å². The fourth-order valence-corrected chi connectivity index (χ4v) is 11.2. The van der Waals surface area contributed by atoms with Gasteiger partial charge in [-0.1, -0.05) is 48.5 Å². The maximum atomic E-state index is 2.48. The van der Waals surface area contributed by atoms with E-state index in [1.807, 2.05) is 0 Å². The minimum absolute atomic E-state index is 0.316. The van der Waals surface area contributed by atoms with Crippen molar-refractivity contribution in [2.45, 2.75) is 23.7 Å². The van der Waals surface area contributed by atoms with Crippen LogP contribution in [0.3, 0.4) is 0 Å². The van der Waals surface area contributed by atoms with Crippen LogP contribution >= 0.6 is 0 Å². The van der Waals surface area contributed by atoms with Gasteiger partial charge in [0.2, 0.25) is 0 Å². The largest absolute Gasteiger partial charge is 0.345 e. The molecule has 4 saturated heterocycles. The third-order valence-electron chi connectivity index (χ3n) is 13.3. The van der Waals surface area contributed by atoms with Crippen molar-refractivity contribution in [3.8, 4) is 0 Å². The number of rotatable bonds is 8. The molecule has 0 atom stereocenters. The average Bonchev–Trinajstić information content (AvgIpc) is 3.20. The lowest BCUT2D eigenvalue weighted by Gasteiger charge is -2.54. The summed E-state index contributed by atoms with van der Waals surface area (Å²) < 4.78 is 0. The fraction of sp³-hybridized carbons (Fsp3) is 0.500. The normalized spacial score (nSPS) is 26.5. The Morgan fingerprint density at radius 1 is 0.233 bits per heavy atom. The molecule has 9 rings (SSSR count). The Kier molecular flexibility index (Phi) is 11.8. The third-order valence-corrected chi connectivity index (χ3v) is 13.3. The Hall–Kier alpha value is -4.24. The number of nitrogens with zero attached hydrogens (tertiary/aromatic N) is 12. The maximum Gasteiger partial charge on any atom is 0.0727 e. The topological polar surface area (TPSA) is 38.9 Å². The van der Waals surface area contributed by atoms with E-state index in [0.29, 0.717) is 23.7 Å². The Morgan fingerprint density at radius 3 is 0.533 bits per heavy atom. The monoisotopic (exact) mass is 813 g/mol. The predicted molar refractivity (Wildman–Crippen MR) is 247 cm³/mol. The van der Waals surface area contributed by atoms with Crippen LogP contribution in [-0.4, -0.2) is 176 Å². The molecule has 12 heteroatoms. The molecule has 0 amide bonds. The summed E-state index contributed by atoms with van der Waals surface area (Å²) in [5.74, 6) is 1.26. The molecule has 1 saturated carbocycles. The van der Waals surface area contributed by atoms with Gasteiger partial charge in [0.15, 0.2) is 0 Å². The van der Waals surface area contributed by atoms with Crippen molar-refractivity contribution >= 4 is 22.7 Å². The quantitative estimate of drug-likeness (QED) is 0.230. The summed E-state index contributed by atoms with van der Waals surface area (Å²) in [6.45, 7) is 11.4. The van der Waals surface area contributed by atoms with Gasteiger partial charge in [-0.05, 0) is 151 Å². The van der Waals surface area contributed by atoms with Gasteiger partial charge in [0.1, 0.15) is 0 Å². The molecule has 0 aromatic heterocycles. The van der Waals surface area contributed by atoms with Crippen LogP contribution in [0.5, 0.6) is 0 Å². The highest BCUT2D eigenvalue weighted by molar-refractivity contribution is 5.58. The van der Waals surface area contributed by atoms with Gasteiger partial charge in [-0.3, -0.25) is 39.2 Å². The van der Waals surface area contributed by atoms with Crippen molar-refractivity contribution < 1.29 is 0 Å². The number of benzene rings is 4. The molecule has 5 fully saturated rings. The average molecular weight is 813 g/mol. The third kappa shape index (κ3) is 8.62. The minimum Gasteiger partial charge on any atom is -0.345 e. The molecule has 4 heterocycles. The van der Waals surface area contributed by atoms with Crippen LogP contribution in [0.25, 0.3) is 0 Å². The molecular formula is C48H68N12. The van der Waals surface area contributed by atoms with Gasteiger partial charge in [0, 0.05) is 22.7 Å². The molecule has 0 bridgehead atoms. The highest BCUT2D eigenvalue weighted by Gasteiger charge is 2.52. The van der Waals surface area contributed by atoms with E-state index in [1.54, 1.807) is 0 Å². The van der Waals surface area contributed by atoms with E-state index in [1.165, 1.54) is 45.0 Å². The van der Waals surface area contributed by atoms with E-state index in [0.717, 1.165) is 80.0 Å². The van der Waals surface area contributed by atoms with Gasteiger partial charge in [-0.15, -0.1) is 0 Å². The molecule has 4 aromatic carbocycles. The SMILES string of the molecule is CN1CN(C)CN(c2ccc(C3C(c4ccc(N5CN(C)CN(C)C5)cc4)C(c4ccc(N5CN(C)CN(C)C5)cc4)C3c3ccc(N4CN(C)CN(C)C4)cc3)cc2)C1. The zero-order chi connectivity index (χ0) is 41.7. The molecule has 12 nitrogen and oxygen atoms in total. The fourth-order valence-electron chi connectivity index (χ4n) is 11.2. The molecular weight excluding hydrogens is 745 g/mol. The second-order valence-corrected chi connectivity index (χ2v) is 19.2. The van der Waals surface area contributed by atoms with Crippen LogP contribution in [0.15, 0.2) is 97.1 Å². The Balaban J connectivity index is 1.10. The van der Waals surface area contributed by atoms with Crippen molar-refractivity contribution in [1.82, 2.24) is 39.2 Å². The zero-order valence-electron chi connectivity index (χ0n) is 37.4. The van der Waals surface area contributed by atoms with Gasteiger partial charge in [0.25, 0.3) is 0 Å². The van der Waals surface area contributed by atoms with E-state index < -0.39 is 0 Å². The summed E-state index contributed by atoms with van der Waals surface area (Å²) in [7, 11) is 17.6. The summed E-state index contributed by atoms with van der Waals surface area (Å²) in [6.07, 6.45) is 0. The molecule has 0 spiro atoms. The lowest BCUT2D eigenvalue weighted by molar-refractivity contribution is 0.135. The summed E-state index contributed by atoms with van der Waals surface area (Å²) in [5.41, 5.74) is 10.8. The molecule has 0 N–H and O–H groups in total. The summed E-state index contributed by atoms with van der Waals surface area (Å²) in [4.78, 5) is 28.9. The Bertz CT molecular complexity index is 1680. The molecule has 0 unspecified atom stereocenters. The number of hydrogen-bond donors (Lipinski definition) is 0. The molecule has 4 aromatic rings. The van der Waals surface area contributed by atoms with Gasteiger partial charge in [0.05, 0.1) is 80.0 Å². The van der Waals surface area contributed by atoms with Crippen molar-refractivity contribution in [1.29, 1.82) is 0 Å². The van der Waals surface area contributed by atoms with Crippen molar-refractivity contribution in [3.05, 3.63) is 119 Å². The lowest BCUT2D eigenvalue weighted by Crippen LogP contribution is -2.52. The molecule has 0 radical (unpaired) electrons.